The first-order chi connectivity index (χ1) is 7.71. The molecule has 0 aromatic carbocycles. The Morgan fingerprint density at radius 2 is 2.31 bits per heavy atom. The third-order valence-electron chi connectivity index (χ3n) is 2.23. The van der Waals surface area contributed by atoms with Gasteiger partial charge in [-0.25, -0.2) is 4.98 Å². The largest absolute Gasteiger partial charge is 0.469 e. The van der Waals surface area contributed by atoms with E-state index in [-0.39, 0.29) is 18.5 Å². The van der Waals surface area contributed by atoms with Crippen molar-refractivity contribution in [3.05, 3.63) is 16.1 Å². The highest BCUT2D eigenvalue weighted by Gasteiger charge is 2.15. The molecule has 0 saturated carbocycles. The van der Waals surface area contributed by atoms with E-state index in [4.69, 9.17) is 4.74 Å². The number of carbonyl (C=O) groups excluding carboxylic acids is 1. The van der Waals surface area contributed by atoms with E-state index >= 15 is 0 Å². The lowest BCUT2D eigenvalue weighted by Gasteiger charge is -2.10. The van der Waals surface area contributed by atoms with Crippen LogP contribution in [0.25, 0.3) is 0 Å². The molecule has 16 heavy (non-hydrogen) atoms. The molecule has 0 spiro atoms. The van der Waals surface area contributed by atoms with Gasteiger partial charge in [-0.2, -0.15) is 0 Å². The number of methoxy groups -OCH3 is 2. The standard InChI is InChI=1S/C11H17NO3S/c1-4-5-9(14-2)11-12-8(7-16-11)6-10(13)15-3/h7,9H,4-6H2,1-3H3. The van der Waals surface area contributed by atoms with Gasteiger partial charge in [-0.3, -0.25) is 4.79 Å². The Kier molecular flexibility index (Phi) is 5.42. The molecule has 0 aliphatic heterocycles. The lowest BCUT2D eigenvalue weighted by atomic mass is 10.2. The Bertz CT molecular complexity index is 338. The topological polar surface area (TPSA) is 48.4 Å². The number of ether oxygens (including phenoxy) is 2. The van der Waals surface area contributed by atoms with E-state index in [1.807, 2.05) is 5.38 Å². The average molecular weight is 243 g/mol. The van der Waals surface area contributed by atoms with Gasteiger partial charge in [0.1, 0.15) is 11.1 Å². The molecule has 0 aliphatic rings. The maximum absolute atomic E-state index is 11.1. The van der Waals surface area contributed by atoms with E-state index in [1.165, 1.54) is 18.4 Å². The van der Waals surface area contributed by atoms with Crippen LogP contribution in [0.15, 0.2) is 5.38 Å². The highest BCUT2D eigenvalue weighted by molar-refractivity contribution is 7.09. The van der Waals surface area contributed by atoms with Gasteiger partial charge in [-0.15, -0.1) is 11.3 Å². The normalized spacial score (nSPS) is 12.4. The summed E-state index contributed by atoms with van der Waals surface area (Å²) in [5.74, 6) is -0.263. The molecule has 0 aliphatic carbocycles. The molecule has 0 N–H and O–H groups in total. The lowest BCUT2D eigenvalue weighted by Crippen LogP contribution is -2.06. The van der Waals surface area contributed by atoms with Crippen LogP contribution in [0.4, 0.5) is 0 Å². The number of nitrogens with zero attached hydrogens (tertiary/aromatic N) is 1. The monoisotopic (exact) mass is 243 g/mol. The van der Waals surface area contributed by atoms with Crippen molar-refractivity contribution in [2.75, 3.05) is 14.2 Å². The second-order valence-electron chi connectivity index (χ2n) is 3.44. The van der Waals surface area contributed by atoms with Crippen LogP contribution in [0.5, 0.6) is 0 Å². The van der Waals surface area contributed by atoms with E-state index < -0.39 is 0 Å². The van der Waals surface area contributed by atoms with Crippen LogP contribution in [-0.4, -0.2) is 25.2 Å². The van der Waals surface area contributed by atoms with Crippen LogP contribution >= 0.6 is 11.3 Å². The summed E-state index contributed by atoms with van der Waals surface area (Å²) in [5.41, 5.74) is 0.755. The van der Waals surface area contributed by atoms with E-state index in [0.29, 0.717) is 0 Å². The SMILES string of the molecule is CCCC(OC)c1nc(CC(=O)OC)cs1. The molecular weight excluding hydrogens is 226 g/mol. The van der Waals surface area contributed by atoms with Gasteiger partial charge in [-0.1, -0.05) is 13.3 Å². The molecule has 0 saturated heterocycles. The van der Waals surface area contributed by atoms with Crippen molar-refractivity contribution in [2.24, 2.45) is 0 Å². The lowest BCUT2D eigenvalue weighted by molar-refractivity contribution is -0.139. The zero-order chi connectivity index (χ0) is 12.0. The average Bonchev–Trinajstić information content (AvgIpc) is 2.74. The number of hydrogen-bond acceptors (Lipinski definition) is 5. The molecule has 0 fully saturated rings. The fourth-order valence-corrected chi connectivity index (χ4v) is 2.30. The Labute approximate surface area is 99.6 Å². The second kappa shape index (κ2) is 6.60. The number of carbonyl (C=O) groups is 1. The summed E-state index contributed by atoms with van der Waals surface area (Å²) in [5, 5.41) is 2.82. The van der Waals surface area contributed by atoms with E-state index in [2.05, 4.69) is 16.6 Å². The highest BCUT2D eigenvalue weighted by Crippen LogP contribution is 2.25. The maximum Gasteiger partial charge on any atom is 0.311 e. The molecule has 90 valence electrons. The zero-order valence-corrected chi connectivity index (χ0v) is 10.7. The summed E-state index contributed by atoms with van der Waals surface area (Å²) in [7, 11) is 3.06. The fourth-order valence-electron chi connectivity index (χ4n) is 1.38. The first kappa shape index (κ1) is 13.1. The van der Waals surface area contributed by atoms with Crippen molar-refractivity contribution < 1.29 is 14.3 Å². The van der Waals surface area contributed by atoms with Crippen LogP contribution in [0.2, 0.25) is 0 Å². The highest BCUT2D eigenvalue weighted by atomic mass is 32.1. The van der Waals surface area contributed by atoms with Gasteiger partial charge in [0.25, 0.3) is 0 Å². The summed E-state index contributed by atoms with van der Waals surface area (Å²) < 4.78 is 9.95. The van der Waals surface area contributed by atoms with Crippen molar-refractivity contribution >= 4 is 17.3 Å². The van der Waals surface area contributed by atoms with Gasteiger partial charge < -0.3 is 9.47 Å². The Hall–Kier alpha value is -0.940. The van der Waals surface area contributed by atoms with Crippen molar-refractivity contribution in [1.82, 2.24) is 4.98 Å². The number of hydrogen-bond donors (Lipinski definition) is 0. The van der Waals surface area contributed by atoms with Crippen molar-refractivity contribution in [3.63, 3.8) is 0 Å². The molecule has 0 amide bonds. The van der Waals surface area contributed by atoms with Crippen LogP contribution < -0.4 is 0 Å². The molecule has 1 atom stereocenters. The van der Waals surface area contributed by atoms with E-state index in [9.17, 15) is 4.79 Å². The third-order valence-corrected chi connectivity index (χ3v) is 3.22. The smallest absolute Gasteiger partial charge is 0.311 e. The second-order valence-corrected chi connectivity index (χ2v) is 4.33. The van der Waals surface area contributed by atoms with Crippen molar-refractivity contribution in [1.29, 1.82) is 0 Å². The van der Waals surface area contributed by atoms with Crippen LogP contribution in [0.3, 0.4) is 0 Å². The molecule has 1 aromatic heterocycles. The van der Waals surface area contributed by atoms with Gasteiger partial charge >= 0.3 is 5.97 Å². The molecule has 0 radical (unpaired) electrons. The molecule has 1 heterocycles. The summed E-state index contributed by atoms with van der Waals surface area (Å²) in [4.78, 5) is 15.4. The Morgan fingerprint density at radius 1 is 1.56 bits per heavy atom. The number of aromatic nitrogens is 1. The predicted molar refractivity (Wildman–Crippen MR) is 62.5 cm³/mol. The number of thiazole rings is 1. The first-order valence-corrected chi connectivity index (χ1v) is 6.13. The van der Waals surface area contributed by atoms with Crippen molar-refractivity contribution in [2.45, 2.75) is 32.3 Å². The molecular formula is C11H17NO3S. The molecule has 5 heteroatoms. The Balaban J connectivity index is 2.65. The van der Waals surface area contributed by atoms with Crippen LogP contribution in [0.1, 0.15) is 36.6 Å². The number of rotatable bonds is 6. The Morgan fingerprint density at radius 3 is 2.88 bits per heavy atom. The quantitative estimate of drug-likeness (QED) is 0.720. The van der Waals surface area contributed by atoms with Crippen LogP contribution in [-0.2, 0) is 20.7 Å². The minimum atomic E-state index is -0.263. The molecule has 4 nitrogen and oxygen atoms in total. The van der Waals surface area contributed by atoms with E-state index in [0.717, 1.165) is 23.5 Å². The molecule has 0 bridgehead atoms. The summed E-state index contributed by atoms with van der Waals surface area (Å²) in [6, 6.07) is 0. The summed E-state index contributed by atoms with van der Waals surface area (Å²) in [6.45, 7) is 2.11. The van der Waals surface area contributed by atoms with Gasteiger partial charge in [0.05, 0.1) is 19.2 Å². The van der Waals surface area contributed by atoms with E-state index in [1.54, 1.807) is 7.11 Å². The van der Waals surface area contributed by atoms with Gasteiger partial charge in [0, 0.05) is 12.5 Å². The minimum Gasteiger partial charge on any atom is -0.469 e. The molecule has 1 unspecified atom stereocenters. The minimum absolute atomic E-state index is 0.0430. The summed E-state index contributed by atoms with van der Waals surface area (Å²) in [6.07, 6.45) is 2.27. The van der Waals surface area contributed by atoms with Crippen molar-refractivity contribution in [3.8, 4) is 0 Å². The van der Waals surface area contributed by atoms with Gasteiger partial charge in [0.15, 0.2) is 0 Å². The van der Waals surface area contributed by atoms with Gasteiger partial charge in [0.2, 0.25) is 0 Å². The summed E-state index contributed by atoms with van der Waals surface area (Å²) >= 11 is 1.53. The maximum atomic E-state index is 11.1. The van der Waals surface area contributed by atoms with Crippen LogP contribution in [0, 0.1) is 0 Å². The molecule has 1 rings (SSSR count). The third kappa shape index (κ3) is 3.57. The first-order valence-electron chi connectivity index (χ1n) is 5.25. The van der Waals surface area contributed by atoms with Gasteiger partial charge in [-0.05, 0) is 6.42 Å². The predicted octanol–water partition coefficient (Wildman–Crippen LogP) is 2.35. The fraction of sp³-hybridized carbons (Fsp3) is 0.636. The number of esters is 1. The zero-order valence-electron chi connectivity index (χ0n) is 9.86. The molecule has 1 aromatic rings.